The average molecular weight is 279 g/mol. The van der Waals surface area contributed by atoms with Gasteiger partial charge in [-0.05, 0) is 26.0 Å². The highest BCUT2D eigenvalue weighted by Gasteiger charge is 2.18. The average Bonchev–Trinajstić information content (AvgIpc) is 2.58. The normalized spacial score (nSPS) is 10.5. The first kappa shape index (κ1) is 13.4. The first-order valence-corrected chi connectivity index (χ1v) is 6.15. The molecular weight excluding hydrogens is 264 g/mol. The Labute approximate surface area is 116 Å². The van der Waals surface area contributed by atoms with E-state index in [2.05, 4.69) is 10.4 Å². The van der Waals surface area contributed by atoms with Crippen molar-refractivity contribution in [2.24, 2.45) is 7.05 Å². The minimum atomic E-state index is -0.261. The zero-order valence-corrected chi connectivity index (χ0v) is 11.7. The Balaban J connectivity index is 2.36. The second-order valence-electron chi connectivity index (χ2n) is 4.33. The van der Waals surface area contributed by atoms with E-state index in [1.54, 1.807) is 36.9 Å². The number of rotatable bonds is 2. The fourth-order valence-corrected chi connectivity index (χ4v) is 2.18. The molecule has 100 valence electrons. The number of amides is 1. The molecule has 1 heterocycles. The van der Waals surface area contributed by atoms with Gasteiger partial charge in [0.15, 0.2) is 0 Å². The molecular formula is C13H15ClN4O. The third-order valence-electron chi connectivity index (χ3n) is 3.02. The molecule has 19 heavy (non-hydrogen) atoms. The number of hydrogen-bond acceptors (Lipinski definition) is 3. The Morgan fingerprint density at radius 2 is 2.11 bits per heavy atom. The second kappa shape index (κ2) is 4.93. The van der Waals surface area contributed by atoms with Crippen molar-refractivity contribution in [2.75, 3.05) is 11.1 Å². The van der Waals surface area contributed by atoms with E-state index in [9.17, 15) is 4.79 Å². The van der Waals surface area contributed by atoms with E-state index >= 15 is 0 Å². The highest BCUT2D eigenvalue weighted by molar-refractivity contribution is 6.34. The van der Waals surface area contributed by atoms with Crippen LogP contribution in [0.25, 0.3) is 0 Å². The third-order valence-corrected chi connectivity index (χ3v) is 3.34. The van der Waals surface area contributed by atoms with Crippen LogP contribution in [0, 0.1) is 13.8 Å². The molecule has 0 saturated carbocycles. The lowest BCUT2D eigenvalue weighted by Crippen LogP contribution is -2.15. The fourth-order valence-electron chi connectivity index (χ4n) is 1.95. The van der Waals surface area contributed by atoms with Gasteiger partial charge in [0.05, 0.1) is 27.7 Å². The number of hydrogen-bond donors (Lipinski definition) is 2. The topological polar surface area (TPSA) is 72.9 Å². The molecule has 6 heteroatoms. The molecule has 1 aromatic carbocycles. The number of aromatic nitrogens is 2. The van der Waals surface area contributed by atoms with Gasteiger partial charge in [0.2, 0.25) is 0 Å². The summed E-state index contributed by atoms with van der Waals surface area (Å²) < 4.78 is 1.67. The quantitative estimate of drug-likeness (QED) is 0.829. The number of halogens is 1. The number of anilines is 2. The van der Waals surface area contributed by atoms with E-state index in [1.807, 2.05) is 6.92 Å². The molecule has 0 atom stereocenters. The zero-order chi connectivity index (χ0) is 14.2. The summed E-state index contributed by atoms with van der Waals surface area (Å²) in [7, 11) is 1.79. The molecule has 3 N–H and O–H groups in total. The van der Waals surface area contributed by atoms with Crippen LogP contribution in [0.4, 0.5) is 11.4 Å². The standard InChI is InChI=1S/C13H15ClN4O/c1-7-11(8(2)18(3)17-7)13(19)16-12-9(14)5-4-6-10(12)15/h4-6H,15H2,1-3H3,(H,16,19). The number of carbonyl (C=O) groups is 1. The molecule has 0 aliphatic carbocycles. The number of benzene rings is 1. The molecule has 2 aromatic rings. The number of nitrogens with two attached hydrogens (primary N) is 1. The van der Waals surface area contributed by atoms with E-state index in [0.717, 1.165) is 5.69 Å². The highest BCUT2D eigenvalue weighted by Crippen LogP contribution is 2.28. The van der Waals surface area contributed by atoms with Crippen molar-refractivity contribution in [3.8, 4) is 0 Å². The van der Waals surface area contributed by atoms with Crippen LogP contribution in [0.15, 0.2) is 18.2 Å². The summed E-state index contributed by atoms with van der Waals surface area (Å²) >= 11 is 6.03. The van der Waals surface area contributed by atoms with E-state index in [0.29, 0.717) is 27.7 Å². The van der Waals surface area contributed by atoms with Crippen molar-refractivity contribution in [1.29, 1.82) is 0 Å². The van der Waals surface area contributed by atoms with Crippen molar-refractivity contribution < 1.29 is 4.79 Å². The smallest absolute Gasteiger partial charge is 0.259 e. The third kappa shape index (κ3) is 2.42. The predicted octanol–water partition coefficient (Wildman–Crippen LogP) is 2.52. The van der Waals surface area contributed by atoms with Gasteiger partial charge in [-0.25, -0.2) is 0 Å². The van der Waals surface area contributed by atoms with Gasteiger partial charge in [-0.2, -0.15) is 5.10 Å². The SMILES string of the molecule is Cc1nn(C)c(C)c1C(=O)Nc1c(N)cccc1Cl. The zero-order valence-electron chi connectivity index (χ0n) is 11.0. The van der Waals surface area contributed by atoms with Gasteiger partial charge >= 0.3 is 0 Å². The largest absolute Gasteiger partial charge is 0.397 e. The molecule has 0 fully saturated rings. The predicted molar refractivity (Wildman–Crippen MR) is 76.5 cm³/mol. The van der Waals surface area contributed by atoms with E-state index in [-0.39, 0.29) is 5.91 Å². The summed E-state index contributed by atoms with van der Waals surface area (Å²) in [6.45, 7) is 3.63. The molecule has 0 bridgehead atoms. The van der Waals surface area contributed by atoms with Crippen LogP contribution in [0.5, 0.6) is 0 Å². The molecule has 0 aliphatic rings. The first-order valence-electron chi connectivity index (χ1n) is 5.77. The highest BCUT2D eigenvalue weighted by atomic mass is 35.5. The summed E-state index contributed by atoms with van der Waals surface area (Å²) in [5.74, 6) is -0.261. The number of nitrogen functional groups attached to an aromatic ring is 1. The van der Waals surface area contributed by atoms with E-state index in [4.69, 9.17) is 17.3 Å². The molecule has 0 saturated heterocycles. The summed E-state index contributed by atoms with van der Waals surface area (Å²) in [4.78, 5) is 12.3. The first-order chi connectivity index (χ1) is 8.91. The monoisotopic (exact) mass is 278 g/mol. The molecule has 2 rings (SSSR count). The van der Waals surface area contributed by atoms with Gasteiger partial charge in [0, 0.05) is 12.7 Å². The minimum Gasteiger partial charge on any atom is -0.397 e. The number of para-hydroxylation sites is 1. The number of aryl methyl sites for hydroxylation is 2. The summed E-state index contributed by atoms with van der Waals surface area (Å²) in [6, 6.07) is 5.09. The van der Waals surface area contributed by atoms with Crippen LogP contribution < -0.4 is 11.1 Å². The summed E-state index contributed by atoms with van der Waals surface area (Å²) in [5, 5.41) is 7.36. The van der Waals surface area contributed by atoms with Gasteiger partial charge in [0.25, 0.3) is 5.91 Å². The minimum absolute atomic E-state index is 0.261. The molecule has 0 aliphatic heterocycles. The Morgan fingerprint density at radius 1 is 1.42 bits per heavy atom. The van der Waals surface area contributed by atoms with Gasteiger partial charge in [-0.1, -0.05) is 17.7 Å². The lowest BCUT2D eigenvalue weighted by Gasteiger charge is -2.10. The summed E-state index contributed by atoms with van der Waals surface area (Å²) in [6.07, 6.45) is 0. The maximum absolute atomic E-state index is 12.3. The van der Waals surface area contributed by atoms with Gasteiger partial charge in [-0.15, -0.1) is 0 Å². The molecule has 0 radical (unpaired) electrons. The molecule has 1 amide bonds. The second-order valence-corrected chi connectivity index (χ2v) is 4.73. The number of nitrogens with one attached hydrogen (secondary N) is 1. The van der Waals surface area contributed by atoms with Crippen LogP contribution in [0.2, 0.25) is 5.02 Å². The van der Waals surface area contributed by atoms with Crippen molar-refractivity contribution in [3.63, 3.8) is 0 Å². The maximum Gasteiger partial charge on any atom is 0.259 e. The summed E-state index contributed by atoms with van der Waals surface area (Å²) in [5.41, 5.74) is 8.67. The molecule has 0 spiro atoms. The Hall–Kier alpha value is -2.01. The van der Waals surface area contributed by atoms with Crippen molar-refractivity contribution in [2.45, 2.75) is 13.8 Å². The van der Waals surface area contributed by atoms with Crippen LogP contribution in [0.3, 0.4) is 0 Å². The number of carbonyl (C=O) groups excluding carboxylic acids is 1. The molecule has 1 aromatic heterocycles. The van der Waals surface area contributed by atoms with Crippen molar-refractivity contribution >= 4 is 28.9 Å². The Bertz CT molecular complexity index is 628. The van der Waals surface area contributed by atoms with E-state index in [1.165, 1.54) is 0 Å². The van der Waals surface area contributed by atoms with Crippen LogP contribution in [-0.2, 0) is 7.05 Å². The Morgan fingerprint density at radius 3 is 2.63 bits per heavy atom. The maximum atomic E-state index is 12.3. The molecule has 0 unspecified atom stereocenters. The van der Waals surface area contributed by atoms with Crippen molar-refractivity contribution in [1.82, 2.24) is 9.78 Å². The lowest BCUT2D eigenvalue weighted by atomic mass is 10.1. The van der Waals surface area contributed by atoms with Gasteiger partial charge in [-0.3, -0.25) is 9.48 Å². The number of nitrogens with zero attached hydrogens (tertiary/aromatic N) is 2. The van der Waals surface area contributed by atoms with E-state index < -0.39 is 0 Å². The van der Waals surface area contributed by atoms with Crippen LogP contribution >= 0.6 is 11.6 Å². The molecule has 5 nitrogen and oxygen atoms in total. The van der Waals surface area contributed by atoms with Crippen molar-refractivity contribution in [3.05, 3.63) is 40.2 Å². The van der Waals surface area contributed by atoms with Gasteiger partial charge in [0.1, 0.15) is 0 Å². The lowest BCUT2D eigenvalue weighted by molar-refractivity contribution is 0.102. The van der Waals surface area contributed by atoms with Crippen LogP contribution in [0.1, 0.15) is 21.7 Å². The Kier molecular flexibility index (Phi) is 3.48. The van der Waals surface area contributed by atoms with Gasteiger partial charge < -0.3 is 11.1 Å². The van der Waals surface area contributed by atoms with Crippen LogP contribution in [-0.4, -0.2) is 15.7 Å². The fraction of sp³-hybridized carbons (Fsp3) is 0.231.